The first-order valence-electron chi connectivity index (χ1n) is 6.69. The smallest absolute Gasteiger partial charge is 0.410 e. The van der Waals surface area contributed by atoms with Crippen LogP contribution in [-0.2, 0) is 4.74 Å². The topological polar surface area (TPSA) is 61.8 Å². The molecule has 0 bridgehead atoms. The number of halogens is 2. The first-order chi connectivity index (χ1) is 9.08. The molecule has 2 atom stereocenters. The summed E-state index contributed by atoms with van der Waals surface area (Å²) in [7, 11) is 1.73. The van der Waals surface area contributed by atoms with Crippen molar-refractivity contribution in [2.45, 2.75) is 58.3 Å². The Labute approximate surface area is 119 Å². The maximum absolute atomic E-state index is 12.3. The standard InChI is InChI=1S/C13H26F2N2O3/c1-9(8-16-5)17(7-6-10(18)11(14)15)12(19)20-13(2,3)4/h9-11,16,18H,6-8H2,1-5H3. The molecule has 0 aliphatic carbocycles. The monoisotopic (exact) mass is 296 g/mol. The second-order valence-corrected chi connectivity index (χ2v) is 5.77. The van der Waals surface area contributed by atoms with Crippen molar-refractivity contribution in [3.05, 3.63) is 0 Å². The molecule has 0 saturated carbocycles. The van der Waals surface area contributed by atoms with E-state index in [1.165, 1.54) is 4.90 Å². The number of nitrogens with one attached hydrogen (secondary N) is 1. The number of amides is 1. The molecule has 7 heteroatoms. The number of alkyl halides is 2. The van der Waals surface area contributed by atoms with Crippen molar-refractivity contribution >= 4 is 6.09 Å². The van der Waals surface area contributed by atoms with E-state index in [0.29, 0.717) is 6.54 Å². The SMILES string of the molecule is CNCC(C)N(CCC(O)C(F)F)C(=O)OC(C)(C)C. The third-order valence-corrected chi connectivity index (χ3v) is 2.62. The molecule has 0 saturated heterocycles. The van der Waals surface area contributed by atoms with E-state index in [1.54, 1.807) is 34.7 Å². The van der Waals surface area contributed by atoms with E-state index in [4.69, 9.17) is 9.84 Å². The van der Waals surface area contributed by atoms with Crippen molar-refractivity contribution in [1.82, 2.24) is 10.2 Å². The predicted octanol–water partition coefficient (Wildman–Crippen LogP) is 1.85. The van der Waals surface area contributed by atoms with Crippen molar-refractivity contribution in [2.24, 2.45) is 0 Å². The lowest BCUT2D eigenvalue weighted by atomic mass is 10.2. The lowest BCUT2D eigenvalue weighted by molar-refractivity contribution is -0.0204. The van der Waals surface area contributed by atoms with E-state index in [-0.39, 0.29) is 19.0 Å². The summed E-state index contributed by atoms with van der Waals surface area (Å²) in [6, 6.07) is -0.222. The number of likely N-dealkylation sites (N-methyl/N-ethyl adjacent to an activating group) is 1. The van der Waals surface area contributed by atoms with Crippen LogP contribution >= 0.6 is 0 Å². The van der Waals surface area contributed by atoms with Gasteiger partial charge in [0.25, 0.3) is 6.43 Å². The zero-order chi connectivity index (χ0) is 15.9. The number of hydrogen-bond donors (Lipinski definition) is 2. The Hall–Kier alpha value is -0.950. The fraction of sp³-hybridized carbons (Fsp3) is 0.923. The van der Waals surface area contributed by atoms with Crippen LogP contribution in [0.1, 0.15) is 34.1 Å². The van der Waals surface area contributed by atoms with Crippen LogP contribution in [0.2, 0.25) is 0 Å². The molecule has 0 aromatic carbocycles. The number of aliphatic hydroxyl groups is 1. The van der Waals surface area contributed by atoms with E-state index in [0.717, 1.165) is 0 Å². The van der Waals surface area contributed by atoms with Crippen molar-refractivity contribution in [3.63, 3.8) is 0 Å². The summed E-state index contributed by atoms with van der Waals surface area (Å²) in [5.41, 5.74) is -0.657. The maximum atomic E-state index is 12.3. The van der Waals surface area contributed by atoms with Crippen molar-refractivity contribution < 1.29 is 23.4 Å². The molecule has 0 fully saturated rings. The van der Waals surface area contributed by atoms with Gasteiger partial charge in [-0.15, -0.1) is 0 Å². The second-order valence-electron chi connectivity index (χ2n) is 5.77. The molecule has 0 radical (unpaired) electrons. The number of carbonyl (C=O) groups excluding carboxylic acids is 1. The molecule has 0 aromatic heterocycles. The molecular formula is C13H26F2N2O3. The summed E-state index contributed by atoms with van der Waals surface area (Å²) < 4.78 is 29.9. The molecule has 0 aliphatic rings. The number of aliphatic hydroxyl groups excluding tert-OH is 1. The van der Waals surface area contributed by atoms with Gasteiger partial charge in [-0.25, -0.2) is 13.6 Å². The van der Waals surface area contributed by atoms with E-state index in [2.05, 4.69) is 5.32 Å². The Morgan fingerprint density at radius 3 is 2.35 bits per heavy atom. The zero-order valence-corrected chi connectivity index (χ0v) is 12.8. The van der Waals surface area contributed by atoms with Gasteiger partial charge in [0.15, 0.2) is 0 Å². The molecule has 0 spiro atoms. The highest BCUT2D eigenvalue weighted by molar-refractivity contribution is 5.68. The number of carbonyl (C=O) groups is 1. The lowest BCUT2D eigenvalue weighted by Gasteiger charge is -2.32. The van der Waals surface area contributed by atoms with Crippen molar-refractivity contribution in [3.8, 4) is 0 Å². The van der Waals surface area contributed by atoms with Crippen LogP contribution in [0.5, 0.6) is 0 Å². The summed E-state index contributed by atoms with van der Waals surface area (Å²) in [4.78, 5) is 13.4. The van der Waals surface area contributed by atoms with Gasteiger partial charge in [0.2, 0.25) is 0 Å². The Bertz CT molecular complexity index is 296. The van der Waals surface area contributed by atoms with Crippen LogP contribution in [0.25, 0.3) is 0 Å². The Balaban J connectivity index is 4.68. The molecule has 2 unspecified atom stereocenters. The third-order valence-electron chi connectivity index (χ3n) is 2.62. The zero-order valence-electron chi connectivity index (χ0n) is 12.8. The third kappa shape index (κ3) is 7.59. The minimum atomic E-state index is -2.81. The average Bonchev–Trinajstić information content (AvgIpc) is 2.26. The van der Waals surface area contributed by atoms with Crippen LogP contribution in [0, 0.1) is 0 Å². The van der Waals surface area contributed by atoms with Gasteiger partial charge in [0, 0.05) is 19.1 Å². The molecule has 0 heterocycles. The van der Waals surface area contributed by atoms with Gasteiger partial charge in [-0.3, -0.25) is 0 Å². The Morgan fingerprint density at radius 2 is 1.95 bits per heavy atom. The molecule has 120 valence electrons. The second kappa shape index (κ2) is 8.36. The number of hydrogen-bond acceptors (Lipinski definition) is 4. The van der Waals surface area contributed by atoms with Gasteiger partial charge in [-0.05, 0) is 41.2 Å². The molecular weight excluding hydrogens is 270 g/mol. The van der Waals surface area contributed by atoms with Crippen LogP contribution in [0.4, 0.5) is 13.6 Å². The van der Waals surface area contributed by atoms with Gasteiger partial charge in [-0.1, -0.05) is 0 Å². The van der Waals surface area contributed by atoms with E-state index < -0.39 is 24.2 Å². The summed E-state index contributed by atoms with van der Waals surface area (Å²) in [6.07, 6.45) is -5.30. The number of ether oxygens (including phenoxy) is 1. The molecule has 0 aliphatic heterocycles. The van der Waals surface area contributed by atoms with E-state index >= 15 is 0 Å². The van der Waals surface area contributed by atoms with Crippen LogP contribution in [0.3, 0.4) is 0 Å². The summed E-state index contributed by atoms with van der Waals surface area (Å²) in [5, 5.41) is 12.1. The molecule has 0 aromatic rings. The first kappa shape index (κ1) is 19.1. The molecule has 20 heavy (non-hydrogen) atoms. The fourth-order valence-corrected chi connectivity index (χ4v) is 1.62. The van der Waals surface area contributed by atoms with Gasteiger partial charge >= 0.3 is 6.09 Å². The highest BCUT2D eigenvalue weighted by Gasteiger charge is 2.27. The van der Waals surface area contributed by atoms with E-state index in [9.17, 15) is 13.6 Å². The Morgan fingerprint density at radius 1 is 1.40 bits per heavy atom. The summed E-state index contributed by atoms with van der Waals surface area (Å²) in [6.45, 7) is 7.52. The predicted molar refractivity (Wildman–Crippen MR) is 73.0 cm³/mol. The summed E-state index contributed by atoms with van der Waals surface area (Å²) in [5.74, 6) is 0. The molecule has 5 nitrogen and oxygen atoms in total. The Kier molecular flexibility index (Phi) is 7.96. The van der Waals surface area contributed by atoms with Gasteiger partial charge in [0.05, 0.1) is 0 Å². The van der Waals surface area contributed by atoms with Gasteiger partial charge in [0.1, 0.15) is 11.7 Å². The number of nitrogens with zero attached hydrogens (tertiary/aromatic N) is 1. The highest BCUT2D eigenvalue weighted by atomic mass is 19.3. The lowest BCUT2D eigenvalue weighted by Crippen LogP contribution is -2.47. The first-order valence-corrected chi connectivity index (χ1v) is 6.69. The van der Waals surface area contributed by atoms with Crippen molar-refractivity contribution in [1.29, 1.82) is 0 Å². The van der Waals surface area contributed by atoms with Crippen molar-refractivity contribution in [2.75, 3.05) is 20.1 Å². The van der Waals surface area contributed by atoms with Crippen LogP contribution < -0.4 is 5.32 Å². The maximum Gasteiger partial charge on any atom is 0.410 e. The van der Waals surface area contributed by atoms with Crippen LogP contribution in [0.15, 0.2) is 0 Å². The molecule has 1 amide bonds. The minimum absolute atomic E-state index is 0.0171. The molecule has 0 rings (SSSR count). The highest BCUT2D eigenvalue weighted by Crippen LogP contribution is 2.14. The van der Waals surface area contributed by atoms with Gasteiger partial charge < -0.3 is 20.1 Å². The van der Waals surface area contributed by atoms with Crippen LogP contribution in [-0.4, -0.2) is 60.4 Å². The van der Waals surface area contributed by atoms with Gasteiger partial charge in [-0.2, -0.15) is 0 Å². The number of rotatable bonds is 7. The quantitative estimate of drug-likeness (QED) is 0.752. The largest absolute Gasteiger partial charge is 0.444 e. The average molecular weight is 296 g/mol. The minimum Gasteiger partial charge on any atom is -0.444 e. The van der Waals surface area contributed by atoms with E-state index in [1.807, 2.05) is 0 Å². The summed E-state index contributed by atoms with van der Waals surface area (Å²) >= 11 is 0. The molecule has 2 N–H and O–H groups in total. The normalized spacial score (nSPS) is 15.1. The fourth-order valence-electron chi connectivity index (χ4n) is 1.62.